The molecule has 4 rings (SSSR count). The number of aromatic nitrogens is 1. The number of nitrogens with zero attached hydrogens (tertiary/aromatic N) is 3. The molecule has 1 fully saturated rings. The molecule has 0 radical (unpaired) electrons. The number of aliphatic imine (C=N–C) groups is 1. The van der Waals surface area contributed by atoms with Crippen molar-refractivity contribution in [2.45, 2.75) is 13.1 Å². The molecule has 1 aromatic heterocycles. The molecule has 148 valence electrons. The number of hydrogen-bond donors (Lipinski definition) is 1. The van der Waals surface area contributed by atoms with Crippen LogP contribution in [0.2, 0.25) is 0 Å². The van der Waals surface area contributed by atoms with Gasteiger partial charge in [-0.15, -0.1) is 0 Å². The summed E-state index contributed by atoms with van der Waals surface area (Å²) in [7, 11) is 5.15. The molecule has 0 bridgehead atoms. The number of ether oxygens (including phenoxy) is 2. The molecule has 0 saturated carbocycles. The van der Waals surface area contributed by atoms with E-state index in [1.165, 1.54) is 0 Å². The standard InChI is InChI=1S/C21H26N4O3/c1-24-12-17(15-10-23-11-16(15)21(24)26)14-8-19(27-2)18(20(9-14)28-3)13-25-6-4-22-5-7-25/h8-10,12,22H,4-7,11,13H2,1-3H3. The summed E-state index contributed by atoms with van der Waals surface area (Å²) >= 11 is 0. The summed E-state index contributed by atoms with van der Waals surface area (Å²) < 4.78 is 13.1. The molecule has 7 nitrogen and oxygen atoms in total. The first-order valence-corrected chi connectivity index (χ1v) is 9.53. The summed E-state index contributed by atoms with van der Waals surface area (Å²) in [6.07, 6.45) is 3.66. The molecule has 1 aromatic carbocycles. The van der Waals surface area contributed by atoms with Gasteiger partial charge in [0, 0.05) is 68.9 Å². The Bertz CT molecular complexity index is 949. The second kappa shape index (κ2) is 7.77. The van der Waals surface area contributed by atoms with Crippen molar-refractivity contribution in [2.75, 3.05) is 40.4 Å². The van der Waals surface area contributed by atoms with E-state index in [0.29, 0.717) is 6.54 Å². The number of hydrogen-bond acceptors (Lipinski definition) is 6. The van der Waals surface area contributed by atoms with Gasteiger partial charge in [0.15, 0.2) is 0 Å². The molecule has 0 unspecified atom stereocenters. The highest BCUT2D eigenvalue weighted by Gasteiger charge is 2.22. The van der Waals surface area contributed by atoms with Gasteiger partial charge in [-0.25, -0.2) is 0 Å². The number of pyridine rings is 1. The number of piperazine rings is 1. The number of benzene rings is 1. The number of rotatable bonds is 5. The first kappa shape index (κ1) is 18.7. The lowest BCUT2D eigenvalue weighted by Crippen LogP contribution is -2.43. The number of aryl methyl sites for hydroxylation is 1. The van der Waals surface area contributed by atoms with Crippen LogP contribution in [0, 0.1) is 0 Å². The SMILES string of the molecule is COc1cc(-c2cn(C)c(=O)c3c2C=NC3)cc(OC)c1CN1CCNCC1. The lowest BCUT2D eigenvalue weighted by molar-refractivity contribution is 0.226. The maximum atomic E-state index is 12.4. The van der Waals surface area contributed by atoms with Gasteiger partial charge in [0.05, 0.1) is 26.3 Å². The van der Waals surface area contributed by atoms with Crippen LogP contribution in [0.3, 0.4) is 0 Å². The van der Waals surface area contributed by atoms with Gasteiger partial charge in [-0.3, -0.25) is 14.7 Å². The van der Waals surface area contributed by atoms with E-state index >= 15 is 0 Å². The predicted molar refractivity (Wildman–Crippen MR) is 110 cm³/mol. The van der Waals surface area contributed by atoms with E-state index in [2.05, 4.69) is 15.2 Å². The Hall–Kier alpha value is -2.64. The van der Waals surface area contributed by atoms with Gasteiger partial charge in [-0.2, -0.15) is 0 Å². The Morgan fingerprint density at radius 2 is 1.82 bits per heavy atom. The Labute approximate surface area is 164 Å². The zero-order valence-corrected chi connectivity index (χ0v) is 16.6. The fourth-order valence-corrected chi connectivity index (χ4v) is 3.96. The van der Waals surface area contributed by atoms with Crippen LogP contribution in [0.5, 0.6) is 11.5 Å². The van der Waals surface area contributed by atoms with Gasteiger partial charge in [0.25, 0.3) is 5.56 Å². The molecule has 1 saturated heterocycles. The molecular weight excluding hydrogens is 356 g/mol. The van der Waals surface area contributed by atoms with Crippen LogP contribution in [0.25, 0.3) is 11.1 Å². The van der Waals surface area contributed by atoms with E-state index in [1.807, 2.05) is 18.3 Å². The topological polar surface area (TPSA) is 68.1 Å². The predicted octanol–water partition coefficient (Wildman–Crippen LogP) is 1.41. The Morgan fingerprint density at radius 3 is 2.46 bits per heavy atom. The van der Waals surface area contributed by atoms with Crippen LogP contribution < -0.4 is 20.3 Å². The zero-order valence-electron chi connectivity index (χ0n) is 16.6. The molecule has 0 atom stereocenters. The van der Waals surface area contributed by atoms with Crippen molar-refractivity contribution in [3.8, 4) is 22.6 Å². The third-order valence-electron chi connectivity index (χ3n) is 5.50. The first-order chi connectivity index (χ1) is 13.6. The fraction of sp³-hybridized carbons (Fsp3) is 0.429. The Balaban J connectivity index is 1.80. The molecule has 1 N–H and O–H groups in total. The van der Waals surface area contributed by atoms with E-state index < -0.39 is 0 Å². The van der Waals surface area contributed by atoms with Gasteiger partial charge in [0.2, 0.25) is 0 Å². The second-order valence-electron chi connectivity index (χ2n) is 7.21. The Morgan fingerprint density at radius 1 is 1.14 bits per heavy atom. The second-order valence-corrected chi connectivity index (χ2v) is 7.21. The van der Waals surface area contributed by atoms with Crippen molar-refractivity contribution in [3.05, 3.63) is 45.4 Å². The van der Waals surface area contributed by atoms with Crippen LogP contribution in [0.4, 0.5) is 0 Å². The largest absolute Gasteiger partial charge is 0.496 e. The monoisotopic (exact) mass is 382 g/mol. The maximum Gasteiger partial charge on any atom is 0.256 e. The smallest absolute Gasteiger partial charge is 0.256 e. The van der Waals surface area contributed by atoms with Crippen LogP contribution >= 0.6 is 0 Å². The molecule has 0 amide bonds. The minimum Gasteiger partial charge on any atom is -0.496 e. The minimum atomic E-state index is 0.00510. The molecule has 0 aliphatic carbocycles. The molecule has 28 heavy (non-hydrogen) atoms. The van der Waals surface area contributed by atoms with Crippen LogP contribution in [-0.2, 0) is 20.1 Å². The lowest BCUT2D eigenvalue weighted by Gasteiger charge is -2.28. The van der Waals surface area contributed by atoms with Crippen molar-refractivity contribution in [1.29, 1.82) is 0 Å². The van der Waals surface area contributed by atoms with Crippen LogP contribution in [0.15, 0.2) is 28.1 Å². The molecule has 2 aromatic rings. The highest BCUT2D eigenvalue weighted by molar-refractivity contribution is 5.94. The van der Waals surface area contributed by atoms with Gasteiger partial charge >= 0.3 is 0 Å². The highest BCUT2D eigenvalue weighted by Crippen LogP contribution is 2.37. The third-order valence-corrected chi connectivity index (χ3v) is 5.50. The van der Waals surface area contributed by atoms with Gasteiger partial charge in [-0.05, 0) is 17.7 Å². The molecule has 2 aliphatic heterocycles. The number of fused-ring (bicyclic) bond motifs is 1. The van der Waals surface area contributed by atoms with Crippen molar-refractivity contribution >= 4 is 6.21 Å². The third kappa shape index (κ3) is 3.31. The summed E-state index contributed by atoms with van der Waals surface area (Å²) in [6, 6.07) is 4.07. The van der Waals surface area contributed by atoms with E-state index in [9.17, 15) is 4.79 Å². The molecule has 2 aliphatic rings. The van der Waals surface area contributed by atoms with Crippen molar-refractivity contribution < 1.29 is 9.47 Å². The average Bonchev–Trinajstić information content (AvgIpc) is 3.21. The minimum absolute atomic E-state index is 0.00510. The summed E-state index contributed by atoms with van der Waals surface area (Å²) in [6.45, 7) is 5.20. The fourth-order valence-electron chi connectivity index (χ4n) is 3.96. The molecule has 3 heterocycles. The van der Waals surface area contributed by atoms with Crippen molar-refractivity contribution in [3.63, 3.8) is 0 Å². The normalized spacial score (nSPS) is 16.2. The van der Waals surface area contributed by atoms with E-state index in [4.69, 9.17) is 9.47 Å². The van der Waals surface area contributed by atoms with Gasteiger partial charge < -0.3 is 19.4 Å². The van der Waals surface area contributed by atoms with E-state index in [0.717, 1.165) is 72.0 Å². The van der Waals surface area contributed by atoms with E-state index in [-0.39, 0.29) is 5.56 Å². The zero-order chi connectivity index (χ0) is 19.7. The quantitative estimate of drug-likeness (QED) is 0.847. The molecular formula is C21H26N4O3. The summed E-state index contributed by atoms with van der Waals surface area (Å²) in [5.74, 6) is 1.59. The number of nitrogens with one attached hydrogen (secondary N) is 1. The highest BCUT2D eigenvalue weighted by atomic mass is 16.5. The maximum absolute atomic E-state index is 12.4. The summed E-state index contributed by atoms with van der Waals surface area (Å²) in [4.78, 5) is 19.1. The van der Waals surface area contributed by atoms with E-state index in [1.54, 1.807) is 32.0 Å². The van der Waals surface area contributed by atoms with Gasteiger partial charge in [0.1, 0.15) is 11.5 Å². The summed E-state index contributed by atoms with van der Waals surface area (Å²) in [5, 5.41) is 3.38. The molecule has 0 spiro atoms. The van der Waals surface area contributed by atoms with Crippen LogP contribution in [-0.4, -0.2) is 56.1 Å². The number of methoxy groups -OCH3 is 2. The Kier molecular flexibility index (Phi) is 5.19. The van der Waals surface area contributed by atoms with Crippen LogP contribution in [0.1, 0.15) is 16.7 Å². The average molecular weight is 382 g/mol. The molecule has 7 heteroatoms. The van der Waals surface area contributed by atoms with Crippen molar-refractivity contribution in [2.24, 2.45) is 12.0 Å². The first-order valence-electron chi connectivity index (χ1n) is 9.53. The summed E-state index contributed by atoms with van der Waals surface area (Å²) in [5.41, 5.74) is 4.60. The van der Waals surface area contributed by atoms with Crippen molar-refractivity contribution in [1.82, 2.24) is 14.8 Å². The van der Waals surface area contributed by atoms with Gasteiger partial charge in [-0.1, -0.05) is 0 Å². The lowest BCUT2D eigenvalue weighted by atomic mass is 9.97.